The zero-order valence-corrected chi connectivity index (χ0v) is 11.4. The molecule has 1 aromatic carbocycles. The lowest BCUT2D eigenvalue weighted by atomic mass is 10.1. The molecule has 0 amide bonds. The maximum atomic E-state index is 12.4. The second-order valence-corrected chi connectivity index (χ2v) is 5.56. The molecular formula is C15H21F2N. The third kappa shape index (κ3) is 5.41. The Hall–Kier alpha value is -1.22. The highest BCUT2D eigenvalue weighted by Crippen LogP contribution is 2.19. The zero-order chi connectivity index (χ0) is 13.8. The van der Waals surface area contributed by atoms with Gasteiger partial charge in [0.2, 0.25) is 0 Å². The highest BCUT2D eigenvalue weighted by atomic mass is 19.3. The molecule has 0 aromatic heterocycles. The van der Waals surface area contributed by atoms with Crippen LogP contribution in [0.4, 0.5) is 8.78 Å². The first-order valence-corrected chi connectivity index (χ1v) is 6.08. The number of nitrogens with one attached hydrogen (secondary N) is 1. The van der Waals surface area contributed by atoms with Crippen LogP contribution in [0.3, 0.4) is 0 Å². The van der Waals surface area contributed by atoms with Crippen LogP contribution in [0, 0.1) is 0 Å². The molecule has 0 bridgehead atoms. The molecule has 0 radical (unpaired) electrons. The lowest BCUT2D eigenvalue weighted by molar-refractivity contribution is 0.151. The molecular weight excluding hydrogens is 232 g/mol. The van der Waals surface area contributed by atoms with Gasteiger partial charge >= 0.3 is 0 Å². The summed E-state index contributed by atoms with van der Waals surface area (Å²) in [5.74, 6) is 0. The van der Waals surface area contributed by atoms with Crippen LogP contribution in [-0.4, -0.2) is 12.1 Å². The first-order chi connectivity index (χ1) is 8.28. The van der Waals surface area contributed by atoms with Gasteiger partial charge in [-0.1, -0.05) is 35.9 Å². The smallest absolute Gasteiger partial charge is 0.263 e. The first-order valence-electron chi connectivity index (χ1n) is 6.08. The second-order valence-electron chi connectivity index (χ2n) is 5.56. The number of alkyl halides is 2. The maximum Gasteiger partial charge on any atom is 0.263 e. The Morgan fingerprint density at radius 1 is 1.22 bits per heavy atom. The fraction of sp³-hybridized carbons (Fsp3) is 0.467. The minimum absolute atomic E-state index is 0.0672. The summed E-state index contributed by atoms with van der Waals surface area (Å²) in [6.45, 7) is 9.15. The van der Waals surface area contributed by atoms with Gasteiger partial charge in [0.1, 0.15) is 0 Å². The molecule has 1 nitrogen and oxygen atoms in total. The normalized spacial score (nSPS) is 13.2. The Morgan fingerprint density at radius 2 is 1.78 bits per heavy atom. The van der Waals surface area contributed by atoms with E-state index in [0.29, 0.717) is 0 Å². The molecule has 0 unspecified atom stereocenters. The van der Waals surface area contributed by atoms with E-state index in [1.54, 1.807) is 12.1 Å². The third-order valence-corrected chi connectivity index (χ3v) is 2.50. The van der Waals surface area contributed by atoms with Crippen molar-refractivity contribution in [3.8, 4) is 0 Å². The highest BCUT2D eigenvalue weighted by Gasteiger charge is 2.08. The van der Waals surface area contributed by atoms with Crippen molar-refractivity contribution in [3.63, 3.8) is 0 Å². The molecule has 0 aliphatic rings. The molecule has 3 heteroatoms. The van der Waals surface area contributed by atoms with Gasteiger partial charge in [-0.15, -0.1) is 0 Å². The van der Waals surface area contributed by atoms with Crippen LogP contribution in [0.15, 0.2) is 29.8 Å². The average Bonchev–Trinajstić information content (AvgIpc) is 2.26. The van der Waals surface area contributed by atoms with Crippen LogP contribution in [0.2, 0.25) is 0 Å². The minimum Gasteiger partial charge on any atom is -0.308 e. The van der Waals surface area contributed by atoms with Gasteiger partial charge in [-0.05, 0) is 33.3 Å². The molecule has 0 saturated heterocycles. The van der Waals surface area contributed by atoms with Gasteiger partial charge in [-0.3, -0.25) is 0 Å². The summed E-state index contributed by atoms with van der Waals surface area (Å²) < 4.78 is 24.8. The maximum absolute atomic E-state index is 12.4. The molecule has 0 fully saturated rings. The number of halogens is 2. The van der Waals surface area contributed by atoms with E-state index in [1.807, 2.05) is 13.0 Å². The fourth-order valence-electron chi connectivity index (χ4n) is 1.48. The molecule has 1 N–H and O–H groups in total. The van der Waals surface area contributed by atoms with Gasteiger partial charge in [0.05, 0.1) is 0 Å². The average molecular weight is 253 g/mol. The van der Waals surface area contributed by atoms with Crippen molar-refractivity contribution in [1.82, 2.24) is 5.32 Å². The number of rotatable bonds is 4. The molecule has 0 aliphatic heterocycles. The molecule has 100 valence electrons. The Bertz CT molecular complexity index is 399. The van der Waals surface area contributed by atoms with Crippen LogP contribution in [-0.2, 0) is 0 Å². The molecule has 0 saturated carbocycles. The van der Waals surface area contributed by atoms with Crippen LogP contribution < -0.4 is 5.32 Å². The van der Waals surface area contributed by atoms with E-state index in [1.165, 1.54) is 17.7 Å². The van der Waals surface area contributed by atoms with E-state index < -0.39 is 6.43 Å². The second kappa shape index (κ2) is 6.10. The van der Waals surface area contributed by atoms with E-state index in [-0.39, 0.29) is 11.1 Å². The molecule has 0 spiro atoms. The Morgan fingerprint density at radius 3 is 2.22 bits per heavy atom. The number of hydrogen-bond donors (Lipinski definition) is 1. The van der Waals surface area contributed by atoms with Crippen LogP contribution in [0.5, 0.6) is 0 Å². The van der Waals surface area contributed by atoms with Gasteiger partial charge in [-0.25, -0.2) is 8.78 Å². The van der Waals surface area contributed by atoms with Crippen molar-refractivity contribution in [2.45, 2.75) is 39.7 Å². The van der Waals surface area contributed by atoms with E-state index in [2.05, 4.69) is 26.1 Å². The van der Waals surface area contributed by atoms with E-state index >= 15 is 0 Å². The predicted octanol–water partition coefficient (Wildman–Crippen LogP) is 4.42. The quantitative estimate of drug-likeness (QED) is 0.837. The van der Waals surface area contributed by atoms with Crippen LogP contribution in [0.25, 0.3) is 6.08 Å². The van der Waals surface area contributed by atoms with Crippen LogP contribution in [0.1, 0.15) is 45.2 Å². The van der Waals surface area contributed by atoms with Gasteiger partial charge < -0.3 is 5.32 Å². The molecule has 0 heterocycles. The summed E-state index contributed by atoms with van der Waals surface area (Å²) in [7, 11) is 0. The molecule has 1 aromatic rings. The van der Waals surface area contributed by atoms with Gasteiger partial charge in [0.15, 0.2) is 0 Å². The van der Waals surface area contributed by atoms with Gasteiger partial charge in [0.25, 0.3) is 6.43 Å². The Labute approximate surface area is 108 Å². The van der Waals surface area contributed by atoms with Crippen molar-refractivity contribution in [2.75, 3.05) is 6.54 Å². The van der Waals surface area contributed by atoms with Crippen molar-refractivity contribution >= 4 is 6.08 Å². The largest absolute Gasteiger partial charge is 0.308 e. The molecule has 0 atom stereocenters. The standard InChI is InChI=1S/C15H21F2N/c1-11(10-18-15(2,3)4)9-12-5-7-13(8-6-12)14(16)17/h5-9,14,18H,10H2,1-4H3/b11-9-. The monoisotopic (exact) mass is 253 g/mol. The summed E-state index contributed by atoms with van der Waals surface area (Å²) >= 11 is 0. The summed E-state index contributed by atoms with van der Waals surface area (Å²) in [5.41, 5.74) is 2.27. The van der Waals surface area contributed by atoms with Crippen molar-refractivity contribution < 1.29 is 8.78 Å². The first kappa shape index (κ1) is 14.8. The lowest BCUT2D eigenvalue weighted by Crippen LogP contribution is -2.36. The van der Waals surface area contributed by atoms with E-state index in [4.69, 9.17) is 0 Å². The van der Waals surface area contributed by atoms with E-state index in [9.17, 15) is 8.78 Å². The van der Waals surface area contributed by atoms with Gasteiger partial charge in [-0.2, -0.15) is 0 Å². The third-order valence-electron chi connectivity index (χ3n) is 2.50. The summed E-state index contributed by atoms with van der Waals surface area (Å²) in [4.78, 5) is 0. The minimum atomic E-state index is -2.40. The topological polar surface area (TPSA) is 12.0 Å². The van der Waals surface area contributed by atoms with E-state index in [0.717, 1.165) is 12.1 Å². The summed E-state index contributed by atoms with van der Waals surface area (Å²) in [6, 6.07) is 6.39. The molecule has 18 heavy (non-hydrogen) atoms. The SMILES string of the molecule is C/C(=C/c1ccc(C(F)F)cc1)CNC(C)(C)C. The van der Waals surface area contributed by atoms with Crippen molar-refractivity contribution in [1.29, 1.82) is 0 Å². The number of benzene rings is 1. The molecule has 0 aliphatic carbocycles. The van der Waals surface area contributed by atoms with Gasteiger partial charge in [0, 0.05) is 17.6 Å². The summed E-state index contributed by atoms with van der Waals surface area (Å²) in [5, 5.41) is 3.38. The Kier molecular flexibility index (Phi) is 5.03. The summed E-state index contributed by atoms with van der Waals surface area (Å²) in [6.07, 6.45) is -0.389. The Balaban J connectivity index is 2.65. The predicted molar refractivity (Wildman–Crippen MR) is 72.8 cm³/mol. The fourth-order valence-corrected chi connectivity index (χ4v) is 1.48. The van der Waals surface area contributed by atoms with Crippen molar-refractivity contribution in [2.24, 2.45) is 0 Å². The lowest BCUT2D eigenvalue weighted by Gasteiger charge is -2.20. The number of hydrogen-bond acceptors (Lipinski definition) is 1. The van der Waals surface area contributed by atoms with Crippen molar-refractivity contribution in [3.05, 3.63) is 41.0 Å². The zero-order valence-electron chi connectivity index (χ0n) is 11.4. The van der Waals surface area contributed by atoms with Crippen LogP contribution >= 0.6 is 0 Å². The molecule has 1 rings (SSSR count). The highest BCUT2D eigenvalue weighted by molar-refractivity contribution is 5.53.